The summed E-state index contributed by atoms with van der Waals surface area (Å²) in [6.45, 7) is 2.08. The molecule has 1 N–H and O–H groups in total. The van der Waals surface area contributed by atoms with Crippen LogP contribution in [0.2, 0.25) is 0 Å². The van der Waals surface area contributed by atoms with Crippen molar-refractivity contribution in [3.8, 4) is 17.5 Å². The smallest absolute Gasteiger partial charge is 0.265 e. The van der Waals surface area contributed by atoms with Gasteiger partial charge < -0.3 is 10.1 Å². The Labute approximate surface area is 213 Å². The average Bonchev–Trinajstić information content (AvgIpc) is 2.92. The van der Waals surface area contributed by atoms with E-state index >= 15 is 0 Å². The van der Waals surface area contributed by atoms with Crippen molar-refractivity contribution in [3.63, 3.8) is 0 Å². The van der Waals surface area contributed by atoms with E-state index in [1.807, 2.05) is 30.3 Å². The second kappa shape index (κ2) is 10.2. The van der Waals surface area contributed by atoms with Crippen LogP contribution < -0.4 is 15.6 Å². The molecule has 0 spiro atoms. The maximum atomic E-state index is 13.0. The summed E-state index contributed by atoms with van der Waals surface area (Å²) in [6.07, 6.45) is 0. The monoisotopic (exact) mass is 486 g/mol. The largest absolute Gasteiger partial charge is 0.489 e. The third kappa shape index (κ3) is 5.09. The summed E-state index contributed by atoms with van der Waals surface area (Å²) in [4.78, 5) is 30.4. The zero-order valence-corrected chi connectivity index (χ0v) is 20.0. The highest BCUT2D eigenvalue weighted by atomic mass is 16.5. The Morgan fingerprint density at radius 2 is 1.76 bits per heavy atom. The van der Waals surface area contributed by atoms with Crippen LogP contribution in [0.15, 0.2) is 102 Å². The number of amides is 1. The number of nitriles is 1. The molecule has 0 unspecified atom stereocenters. The number of fused-ring (bicyclic) bond motifs is 1. The van der Waals surface area contributed by atoms with E-state index in [4.69, 9.17) is 10.00 Å². The molecule has 5 aromatic rings. The quantitative estimate of drug-likeness (QED) is 0.347. The molecule has 0 saturated heterocycles. The molecule has 1 heterocycles. The molecule has 5 rings (SSSR count). The van der Waals surface area contributed by atoms with E-state index in [0.717, 1.165) is 5.56 Å². The van der Waals surface area contributed by atoms with E-state index in [0.29, 0.717) is 51.6 Å². The first kappa shape index (κ1) is 23.5. The van der Waals surface area contributed by atoms with Crippen LogP contribution in [0.5, 0.6) is 5.75 Å². The number of para-hydroxylation sites is 1. The number of carbonyl (C=O) groups is 1. The highest BCUT2D eigenvalue weighted by Gasteiger charge is 2.12. The third-order valence-electron chi connectivity index (χ3n) is 5.88. The lowest BCUT2D eigenvalue weighted by Gasteiger charge is -2.12. The standard InChI is InChI=1S/C30H22N4O3/c1-20-32-28-11-3-2-10-27(28)30(36)34(20)25-14-12-23(13-15-25)29(35)33-24-8-5-9-26(17-24)37-19-22-7-4-6-21(16-22)18-31/h2-17H,19H2,1H3,(H,33,35). The van der Waals surface area contributed by atoms with E-state index in [-0.39, 0.29) is 11.5 Å². The van der Waals surface area contributed by atoms with Gasteiger partial charge in [-0.15, -0.1) is 0 Å². The predicted molar refractivity (Wildman–Crippen MR) is 142 cm³/mol. The number of aryl methyl sites for hydroxylation is 1. The fourth-order valence-electron chi connectivity index (χ4n) is 4.07. The Balaban J connectivity index is 1.30. The first-order valence-electron chi connectivity index (χ1n) is 11.6. The van der Waals surface area contributed by atoms with Crippen molar-refractivity contribution in [1.29, 1.82) is 5.26 Å². The molecule has 7 nitrogen and oxygen atoms in total. The van der Waals surface area contributed by atoms with Gasteiger partial charge >= 0.3 is 0 Å². The molecule has 0 aliphatic heterocycles. The molecular formula is C30H22N4O3. The Kier molecular flexibility index (Phi) is 6.47. The van der Waals surface area contributed by atoms with Crippen LogP contribution in [0, 0.1) is 18.3 Å². The van der Waals surface area contributed by atoms with Gasteiger partial charge in [0.15, 0.2) is 0 Å². The second-order valence-corrected chi connectivity index (χ2v) is 8.45. The van der Waals surface area contributed by atoms with Gasteiger partial charge in [-0.1, -0.05) is 30.3 Å². The fraction of sp³-hybridized carbons (Fsp3) is 0.0667. The number of benzene rings is 4. The van der Waals surface area contributed by atoms with Gasteiger partial charge in [0, 0.05) is 17.3 Å². The maximum absolute atomic E-state index is 13.0. The topological polar surface area (TPSA) is 97.0 Å². The summed E-state index contributed by atoms with van der Waals surface area (Å²) in [5.41, 5.74) is 3.62. The first-order valence-corrected chi connectivity index (χ1v) is 11.6. The van der Waals surface area contributed by atoms with Crippen LogP contribution in [-0.4, -0.2) is 15.5 Å². The minimum Gasteiger partial charge on any atom is -0.489 e. The SMILES string of the molecule is Cc1nc2ccccc2c(=O)n1-c1ccc(C(=O)Nc2cccc(OCc3cccc(C#N)c3)c2)cc1. The minimum atomic E-state index is -0.286. The average molecular weight is 487 g/mol. The molecule has 0 aliphatic carbocycles. The van der Waals surface area contributed by atoms with Crippen molar-refractivity contribution in [2.75, 3.05) is 5.32 Å². The third-order valence-corrected chi connectivity index (χ3v) is 5.88. The summed E-state index contributed by atoms with van der Waals surface area (Å²) in [5.74, 6) is 0.873. The van der Waals surface area contributed by atoms with Gasteiger partial charge in [-0.05, 0) is 73.2 Å². The van der Waals surface area contributed by atoms with Gasteiger partial charge in [-0.2, -0.15) is 5.26 Å². The van der Waals surface area contributed by atoms with E-state index in [1.54, 1.807) is 73.7 Å². The van der Waals surface area contributed by atoms with E-state index in [1.165, 1.54) is 4.57 Å². The number of nitrogens with zero attached hydrogens (tertiary/aromatic N) is 3. The molecule has 1 aromatic heterocycles. The van der Waals surface area contributed by atoms with Gasteiger partial charge in [0.25, 0.3) is 11.5 Å². The molecule has 0 saturated carbocycles. The fourth-order valence-corrected chi connectivity index (χ4v) is 4.07. The number of nitrogens with one attached hydrogen (secondary N) is 1. The van der Waals surface area contributed by atoms with Gasteiger partial charge in [0.2, 0.25) is 0 Å². The van der Waals surface area contributed by atoms with Gasteiger partial charge in [0.05, 0.1) is 28.2 Å². The zero-order chi connectivity index (χ0) is 25.8. The van der Waals surface area contributed by atoms with E-state index < -0.39 is 0 Å². The number of aromatic nitrogens is 2. The predicted octanol–water partition coefficient (Wildman–Crippen LogP) is 5.40. The van der Waals surface area contributed by atoms with Crippen LogP contribution >= 0.6 is 0 Å². The molecular weight excluding hydrogens is 464 g/mol. The molecule has 1 amide bonds. The number of ether oxygens (including phenoxy) is 1. The van der Waals surface area contributed by atoms with Gasteiger partial charge in [0.1, 0.15) is 18.2 Å². The summed E-state index contributed by atoms with van der Waals surface area (Å²) >= 11 is 0. The van der Waals surface area contributed by atoms with Crippen molar-refractivity contribution in [3.05, 3.63) is 130 Å². The van der Waals surface area contributed by atoms with Crippen LogP contribution in [0.1, 0.15) is 27.3 Å². The van der Waals surface area contributed by atoms with Crippen LogP contribution in [0.25, 0.3) is 16.6 Å². The number of rotatable bonds is 6. The molecule has 0 aliphatic rings. The maximum Gasteiger partial charge on any atom is 0.265 e. The Hall–Kier alpha value is -5.22. The zero-order valence-electron chi connectivity index (χ0n) is 20.0. The van der Waals surface area contributed by atoms with Crippen LogP contribution in [0.4, 0.5) is 5.69 Å². The Morgan fingerprint density at radius 3 is 2.57 bits per heavy atom. The number of carbonyl (C=O) groups excluding carboxylic acids is 1. The minimum absolute atomic E-state index is 0.156. The molecule has 0 atom stereocenters. The number of hydrogen-bond acceptors (Lipinski definition) is 5. The molecule has 0 bridgehead atoms. The van der Waals surface area contributed by atoms with Crippen molar-refractivity contribution in [2.45, 2.75) is 13.5 Å². The summed E-state index contributed by atoms with van der Waals surface area (Å²) in [6, 6.07) is 30.5. The van der Waals surface area contributed by atoms with Crippen molar-refractivity contribution < 1.29 is 9.53 Å². The summed E-state index contributed by atoms with van der Waals surface area (Å²) in [7, 11) is 0. The molecule has 4 aromatic carbocycles. The lowest BCUT2D eigenvalue weighted by Crippen LogP contribution is -2.22. The first-order chi connectivity index (χ1) is 18.0. The number of anilines is 1. The highest BCUT2D eigenvalue weighted by molar-refractivity contribution is 6.04. The summed E-state index contributed by atoms with van der Waals surface area (Å²) in [5, 5.41) is 12.5. The van der Waals surface area contributed by atoms with Crippen molar-refractivity contribution in [2.24, 2.45) is 0 Å². The molecule has 37 heavy (non-hydrogen) atoms. The molecule has 0 fully saturated rings. The van der Waals surface area contributed by atoms with Gasteiger partial charge in [-0.25, -0.2) is 4.98 Å². The molecule has 0 radical (unpaired) electrons. The summed E-state index contributed by atoms with van der Waals surface area (Å²) < 4.78 is 7.38. The Bertz CT molecular complexity index is 1720. The second-order valence-electron chi connectivity index (χ2n) is 8.45. The van der Waals surface area contributed by atoms with Crippen molar-refractivity contribution >= 4 is 22.5 Å². The lowest BCUT2D eigenvalue weighted by atomic mass is 10.1. The van der Waals surface area contributed by atoms with E-state index in [2.05, 4.69) is 16.4 Å². The van der Waals surface area contributed by atoms with Crippen LogP contribution in [-0.2, 0) is 6.61 Å². The van der Waals surface area contributed by atoms with Crippen molar-refractivity contribution in [1.82, 2.24) is 9.55 Å². The van der Waals surface area contributed by atoms with Crippen LogP contribution in [0.3, 0.4) is 0 Å². The highest BCUT2D eigenvalue weighted by Crippen LogP contribution is 2.20. The number of hydrogen-bond donors (Lipinski definition) is 1. The molecule has 180 valence electrons. The van der Waals surface area contributed by atoms with Gasteiger partial charge in [-0.3, -0.25) is 14.2 Å². The molecule has 7 heteroatoms. The lowest BCUT2D eigenvalue weighted by molar-refractivity contribution is 0.102. The Morgan fingerprint density at radius 1 is 0.973 bits per heavy atom. The van der Waals surface area contributed by atoms with E-state index in [9.17, 15) is 9.59 Å². The normalized spacial score (nSPS) is 10.6.